The van der Waals surface area contributed by atoms with Crippen LogP contribution in [0.1, 0.15) is 41.5 Å². The van der Waals surface area contributed by atoms with Crippen LogP contribution in [-0.2, 0) is 23.2 Å². The van der Waals surface area contributed by atoms with Crippen molar-refractivity contribution in [2.45, 2.75) is 79.8 Å². The number of rotatable bonds is 18. The number of carbonyl (C=O) groups excluding carboxylic acids is 2. The van der Waals surface area contributed by atoms with Crippen LogP contribution >= 0.6 is 0 Å². The van der Waals surface area contributed by atoms with Crippen LogP contribution in [0.15, 0.2) is 24.3 Å². The smallest absolute Gasteiger partial charge is 0.333 e. The lowest BCUT2D eigenvalue weighted by atomic mass is 10.3. The molecule has 0 aromatic heterocycles. The molecule has 0 heterocycles. The third-order valence-corrected chi connectivity index (χ3v) is 13.7. The summed E-state index contributed by atoms with van der Waals surface area (Å²) in [6.07, 6.45) is 2.22. The Hall–Kier alpha value is -0.306. The van der Waals surface area contributed by atoms with Gasteiger partial charge in [-0.3, -0.25) is 0 Å². The quantitative estimate of drug-likeness (QED) is 0.0855. The van der Waals surface area contributed by atoms with Gasteiger partial charge in [-0.1, -0.05) is 28.0 Å². The molecular formula is C28H62Br2N2O5Si2. The highest BCUT2D eigenvalue weighted by Crippen LogP contribution is 2.24. The summed E-state index contributed by atoms with van der Waals surface area (Å²) in [7, 11) is 5.21. The van der Waals surface area contributed by atoms with Crippen molar-refractivity contribution in [3.8, 4) is 0 Å². The monoisotopic (exact) mass is 720 g/mol. The second-order valence-corrected chi connectivity index (χ2v) is 21.3. The van der Waals surface area contributed by atoms with Crippen molar-refractivity contribution in [3.05, 3.63) is 24.3 Å². The molecule has 0 unspecified atom stereocenters. The molecule has 0 spiro atoms. The Morgan fingerprint density at radius 2 is 0.923 bits per heavy atom. The number of hydrogen-bond acceptors (Lipinski definition) is 5. The topological polar surface area (TPSA) is 61.8 Å². The number of esters is 2. The van der Waals surface area contributed by atoms with Gasteiger partial charge in [-0.2, -0.15) is 0 Å². The summed E-state index contributed by atoms with van der Waals surface area (Å²) >= 11 is 0. The number of hydrogen-bond donors (Lipinski definition) is 0. The van der Waals surface area contributed by atoms with Crippen molar-refractivity contribution in [1.82, 2.24) is 0 Å². The first-order chi connectivity index (χ1) is 15.8. The third-order valence-electron chi connectivity index (χ3n) is 6.19. The molecule has 11 heteroatoms. The molecule has 0 N–H and O–H groups in total. The van der Waals surface area contributed by atoms with Crippen molar-refractivity contribution in [2.75, 3.05) is 67.6 Å². The van der Waals surface area contributed by atoms with Crippen LogP contribution in [0.3, 0.4) is 0 Å². The zero-order valence-corrected chi connectivity index (χ0v) is 30.3. The maximum absolute atomic E-state index is 11.6. The van der Waals surface area contributed by atoms with E-state index in [4.69, 9.17) is 13.6 Å². The number of ether oxygens (including phenoxy) is 2. The lowest BCUT2D eigenvalue weighted by Gasteiger charge is -2.36. The second kappa shape index (κ2) is 21.4. The third kappa shape index (κ3) is 25.2. The Labute approximate surface area is 265 Å². The Balaban J connectivity index is -0.000000963. The van der Waals surface area contributed by atoms with Crippen molar-refractivity contribution >= 4 is 28.6 Å². The van der Waals surface area contributed by atoms with E-state index in [0.29, 0.717) is 24.4 Å². The van der Waals surface area contributed by atoms with Crippen LogP contribution in [0.5, 0.6) is 0 Å². The molecule has 0 fully saturated rings. The molecule has 236 valence electrons. The fourth-order valence-corrected chi connectivity index (χ4v) is 12.8. The summed E-state index contributed by atoms with van der Waals surface area (Å²) in [5, 5.41) is 0. The normalized spacial score (nSPS) is 11.5. The number of quaternary nitrogens is 2. The molecule has 0 aliphatic carbocycles. The zero-order valence-electron chi connectivity index (χ0n) is 25.2. The summed E-state index contributed by atoms with van der Waals surface area (Å²) in [5.41, 5.74) is 0.886. The van der Waals surface area contributed by atoms with E-state index in [1.165, 1.54) is 0 Å². The first-order valence-corrected chi connectivity index (χ1v) is 19.0. The van der Waals surface area contributed by atoms with Gasteiger partial charge < -0.3 is 56.5 Å². The van der Waals surface area contributed by atoms with Crippen molar-refractivity contribution in [1.29, 1.82) is 0 Å². The van der Waals surface area contributed by atoms with E-state index >= 15 is 0 Å². The summed E-state index contributed by atoms with van der Waals surface area (Å²) in [4.78, 5) is 23.1. The van der Waals surface area contributed by atoms with E-state index in [1.807, 2.05) is 0 Å². The molecule has 7 nitrogen and oxygen atoms in total. The number of likely N-dealkylation sites (N-methyl/N-ethyl adjacent to an activating group) is 2. The largest absolute Gasteiger partial charge is 1.00 e. The molecule has 0 radical (unpaired) electrons. The molecule has 0 amide bonds. The van der Waals surface area contributed by atoms with Crippen LogP contribution in [0.25, 0.3) is 0 Å². The molecule has 39 heavy (non-hydrogen) atoms. The van der Waals surface area contributed by atoms with Gasteiger partial charge in [-0.05, 0) is 65.0 Å². The van der Waals surface area contributed by atoms with Crippen molar-refractivity contribution in [2.24, 2.45) is 0 Å². The van der Waals surface area contributed by atoms with E-state index < -0.39 is 16.6 Å². The van der Waals surface area contributed by atoms with Gasteiger partial charge in [0.1, 0.15) is 26.3 Å². The molecule has 0 aromatic carbocycles. The summed E-state index contributed by atoms with van der Waals surface area (Å²) < 4.78 is 19.0. The number of carbonyl (C=O) groups is 2. The van der Waals surface area contributed by atoms with Gasteiger partial charge in [0.05, 0.1) is 41.3 Å². The minimum Gasteiger partial charge on any atom is -1.00 e. The molecule has 0 saturated carbocycles. The molecular weight excluding hydrogens is 660 g/mol. The Morgan fingerprint density at radius 3 is 1.18 bits per heavy atom. The van der Waals surface area contributed by atoms with E-state index in [0.717, 1.165) is 60.1 Å². The number of nitrogens with zero attached hydrogens (tertiary/aromatic N) is 2. The summed E-state index contributed by atoms with van der Waals surface area (Å²) in [6.45, 7) is 24.4. The second-order valence-electron chi connectivity index (χ2n) is 12.4. The molecule has 0 saturated heterocycles. The average molecular weight is 723 g/mol. The first-order valence-electron chi connectivity index (χ1n) is 12.8. The molecule has 0 aliphatic heterocycles. The standard InChI is InChI=1S/C26H54N2O5Si2.2CH4.2BrH/c1-23(2)25(29)31-19-17-27(5,6)15-13-21-34(9,10)33-35(11,12)22-14-16-28(7,8)18-20-32-26(30)24(3)4;;;;/h1,3,13-22H2,2,4-12H3;2*1H4;2*1H/q+2;;;;/p-2. The average Bonchev–Trinajstić information content (AvgIpc) is 2.65. The van der Waals surface area contributed by atoms with Gasteiger partial charge in [-0.15, -0.1) is 0 Å². The fourth-order valence-electron chi connectivity index (χ4n) is 3.96. The molecule has 0 aliphatic rings. The highest BCUT2D eigenvalue weighted by molar-refractivity contribution is 6.84. The van der Waals surface area contributed by atoms with Crippen LogP contribution in [0.2, 0.25) is 38.3 Å². The maximum atomic E-state index is 11.6. The molecule has 0 bridgehead atoms. The molecule has 0 atom stereocenters. The van der Waals surface area contributed by atoms with Crippen molar-refractivity contribution < 1.29 is 66.1 Å². The zero-order chi connectivity index (χ0) is 27.5. The predicted octanol–water partition coefficient (Wildman–Crippen LogP) is -0.135. The van der Waals surface area contributed by atoms with Crippen LogP contribution < -0.4 is 34.0 Å². The van der Waals surface area contributed by atoms with Gasteiger partial charge in [0.25, 0.3) is 0 Å². The van der Waals surface area contributed by atoms with Crippen LogP contribution in [0.4, 0.5) is 0 Å². The Bertz CT molecular complexity index is 685. The highest BCUT2D eigenvalue weighted by atomic mass is 79.9. The van der Waals surface area contributed by atoms with E-state index in [1.54, 1.807) is 13.8 Å². The SMILES string of the molecule is C.C.C=C(C)C(=O)OCC[N+](C)(C)CCC[Si](C)(C)O[Si](C)(C)CCC[N+](C)(C)CCOC(=O)C(=C)C.[Br-].[Br-]. The summed E-state index contributed by atoms with van der Waals surface area (Å²) in [6, 6.07) is 2.26. The Morgan fingerprint density at radius 1 is 0.641 bits per heavy atom. The van der Waals surface area contributed by atoms with Gasteiger partial charge in [0, 0.05) is 11.1 Å². The van der Waals surface area contributed by atoms with Crippen LogP contribution in [0, 0.1) is 0 Å². The van der Waals surface area contributed by atoms with E-state index in [9.17, 15) is 9.59 Å². The lowest BCUT2D eigenvalue weighted by molar-refractivity contribution is -0.890. The molecule has 0 aromatic rings. The highest BCUT2D eigenvalue weighted by Gasteiger charge is 2.33. The first kappa shape index (κ1) is 48.4. The van der Waals surface area contributed by atoms with Gasteiger partial charge in [0.15, 0.2) is 16.6 Å². The fraction of sp³-hybridized carbons (Fsp3) is 0.786. The molecule has 0 rings (SSSR count). The van der Waals surface area contributed by atoms with Crippen molar-refractivity contribution in [3.63, 3.8) is 0 Å². The lowest BCUT2D eigenvalue weighted by Crippen LogP contribution is -3.00. The summed E-state index contributed by atoms with van der Waals surface area (Å²) in [5.74, 6) is -0.625. The predicted molar refractivity (Wildman–Crippen MR) is 164 cm³/mol. The van der Waals surface area contributed by atoms with Gasteiger partial charge in [0.2, 0.25) is 0 Å². The minimum atomic E-state index is -1.76. The van der Waals surface area contributed by atoms with Crippen LogP contribution in [-0.4, -0.2) is 105 Å². The van der Waals surface area contributed by atoms with Gasteiger partial charge in [-0.25, -0.2) is 9.59 Å². The van der Waals surface area contributed by atoms with E-state index in [2.05, 4.69) is 67.5 Å². The van der Waals surface area contributed by atoms with Gasteiger partial charge >= 0.3 is 11.9 Å². The minimum absolute atomic E-state index is 0. The number of halogens is 2. The van der Waals surface area contributed by atoms with E-state index in [-0.39, 0.29) is 60.8 Å². The maximum Gasteiger partial charge on any atom is 0.333 e. The Kier molecular flexibility index (Phi) is 26.6.